The molecule has 0 N–H and O–H groups in total. The minimum atomic E-state index is -0.0307. The summed E-state index contributed by atoms with van der Waals surface area (Å²) < 4.78 is 17.5. The average Bonchev–Trinajstić information content (AvgIpc) is 3.18. The van der Waals surface area contributed by atoms with Crippen molar-refractivity contribution in [2.24, 2.45) is 0 Å². The lowest BCUT2D eigenvalue weighted by Gasteiger charge is -2.34. The van der Waals surface area contributed by atoms with E-state index in [2.05, 4.69) is 45.2 Å². The summed E-state index contributed by atoms with van der Waals surface area (Å²) in [6, 6.07) is 28.5. The summed E-state index contributed by atoms with van der Waals surface area (Å²) in [6.07, 6.45) is 10.6. The van der Waals surface area contributed by atoms with Gasteiger partial charge in [-0.2, -0.15) is 5.26 Å². The van der Waals surface area contributed by atoms with Crippen LogP contribution in [0.2, 0.25) is 10.2 Å². The Hall–Kier alpha value is -5.66. The number of amides is 1. The van der Waals surface area contributed by atoms with Gasteiger partial charge in [0.05, 0.1) is 29.0 Å². The van der Waals surface area contributed by atoms with Crippen molar-refractivity contribution in [1.82, 2.24) is 19.8 Å². The predicted octanol–water partition coefficient (Wildman–Crippen LogP) is 8.78. The number of piperazine rings is 1. The Balaban J connectivity index is 0.929. The quantitative estimate of drug-likeness (QED) is 0.0871. The van der Waals surface area contributed by atoms with Crippen molar-refractivity contribution >= 4 is 41.3 Å². The van der Waals surface area contributed by atoms with Crippen molar-refractivity contribution in [2.45, 2.75) is 20.1 Å². The largest absolute Gasteiger partial charge is 0.488 e. The summed E-state index contributed by atoms with van der Waals surface area (Å²) >= 11 is 12.4. The highest BCUT2D eigenvalue weighted by atomic mass is 35.5. The number of hydrogen-bond acceptors (Lipinski definition) is 8. The number of hydrogen-bond donors (Lipinski definition) is 0. The Morgan fingerprint density at radius 1 is 0.830 bits per heavy atom. The molecular formula is C42H37Cl2N5O4. The molecule has 0 radical (unpaired) electrons. The van der Waals surface area contributed by atoms with Crippen LogP contribution in [0.25, 0.3) is 12.2 Å². The van der Waals surface area contributed by atoms with E-state index >= 15 is 0 Å². The van der Waals surface area contributed by atoms with Gasteiger partial charge in [0.15, 0.2) is 5.75 Å². The van der Waals surface area contributed by atoms with Gasteiger partial charge in [-0.3, -0.25) is 9.69 Å². The van der Waals surface area contributed by atoms with Crippen LogP contribution in [-0.4, -0.2) is 58.5 Å². The molecule has 1 aliphatic rings. The standard InChI is InChI=1S/C42H37Cl2N5O4/c1-30-23-35(24-38(43)42(30)53-40-16-14-37(27-47-40)52-29-34-10-6-32(25-45)7-11-34)12-17-41(50)49-20-18-48(19-21-49)28-33-8-4-31(5-9-33)3-2-22-51-36-13-15-39(44)46-26-36/h2-17,23-24,26-27H,18-22,28-29H2,1H3. The number of carbonyl (C=O) groups is 1. The molecule has 53 heavy (non-hydrogen) atoms. The first-order valence-corrected chi connectivity index (χ1v) is 17.8. The van der Waals surface area contributed by atoms with E-state index in [-0.39, 0.29) is 5.91 Å². The molecule has 1 fully saturated rings. The maximum atomic E-state index is 13.0. The summed E-state index contributed by atoms with van der Waals surface area (Å²) in [4.78, 5) is 25.6. The number of aryl methyl sites for hydroxylation is 1. The van der Waals surface area contributed by atoms with Crippen LogP contribution in [0.4, 0.5) is 0 Å². The lowest BCUT2D eigenvalue weighted by molar-refractivity contribution is -0.127. The lowest BCUT2D eigenvalue weighted by Crippen LogP contribution is -2.47. The third-order valence-electron chi connectivity index (χ3n) is 8.50. The van der Waals surface area contributed by atoms with Gasteiger partial charge >= 0.3 is 0 Å². The number of carbonyl (C=O) groups excluding carboxylic acids is 1. The second-order valence-electron chi connectivity index (χ2n) is 12.4. The predicted molar refractivity (Wildman–Crippen MR) is 207 cm³/mol. The van der Waals surface area contributed by atoms with Crippen LogP contribution in [-0.2, 0) is 17.9 Å². The van der Waals surface area contributed by atoms with Gasteiger partial charge in [0.1, 0.15) is 29.9 Å². The van der Waals surface area contributed by atoms with Crippen LogP contribution in [0.1, 0.15) is 33.4 Å². The SMILES string of the molecule is Cc1cc(C=CC(=O)N2CCN(Cc3ccc(C=CCOc4ccc(Cl)nc4)cc3)CC2)cc(Cl)c1Oc1ccc(OCc2ccc(C#N)cc2)cn1. The number of benzene rings is 3. The van der Waals surface area contributed by atoms with Crippen LogP contribution in [0.5, 0.6) is 23.1 Å². The summed E-state index contributed by atoms with van der Waals surface area (Å²) in [5.74, 6) is 2.10. The van der Waals surface area contributed by atoms with Crippen LogP contribution < -0.4 is 14.2 Å². The van der Waals surface area contributed by atoms with Gasteiger partial charge < -0.3 is 19.1 Å². The zero-order valence-electron chi connectivity index (χ0n) is 29.1. The fraction of sp³-hybridized carbons (Fsp3) is 0.190. The summed E-state index contributed by atoms with van der Waals surface area (Å²) in [5.41, 5.74) is 5.48. The molecule has 6 rings (SSSR count). The number of aromatic nitrogens is 2. The molecule has 0 spiro atoms. The van der Waals surface area contributed by atoms with Crippen LogP contribution in [0.3, 0.4) is 0 Å². The molecular weight excluding hydrogens is 709 g/mol. The van der Waals surface area contributed by atoms with E-state index in [0.29, 0.717) is 65.2 Å². The number of nitrogens with zero attached hydrogens (tertiary/aromatic N) is 5. The molecule has 1 aliphatic heterocycles. The Morgan fingerprint density at radius 2 is 1.55 bits per heavy atom. The van der Waals surface area contributed by atoms with E-state index in [1.807, 2.05) is 42.2 Å². The molecule has 1 amide bonds. The molecule has 3 heterocycles. The number of pyridine rings is 2. The molecule has 268 valence electrons. The molecule has 0 saturated carbocycles. The van der Waals surface area contributed by atoms with Gasteiger partial charge in [0.2, 0.25) is 11.8 Å². The third kappa shape index (κ3) is 10.9. The second kappa shape index (κ2) is 18.2. The van der Waals surface area contributed by atoms with Crippen molar-refractivity contribution < 1.29 is 19.0 Å². The molecule has 1 saturated heterocycles. The molecule has 0 bridgehead atoms. The normalized spacial score (nSPS) is 13.3. The van der Waals surface area contributed by atoms with Crippen molar-refractivity contribution in [3.05, 3.63) is 153 Å². The topological polar surface area (TPSA) is 101 Å². The monoisotopic (exact) mass is 745 g/mol. The van der Waals surface area contributed by atoms with Gasteiger partial charge in [-0.25, -0.2) is 9.97 Å². The van der Waals surface area contributed by atoms with Crippen molar-refractivity contribution in [1.29, 1.82) is 5.26 Å². The van der Waals surface area contributed by atoms with E-state index < -0.39 is 0 Å². The molecule has 9 nitrogen and oxygen atoms in total. The third-order valence-corrected chi connectivity index (χ3v) is 9.01. The van der Waals surface area contributed by atoms with Crippen LogP contribution in [0, 0.1) is 18.3 Å². The molecule has 11 heteroatoms. The maximum Gasteiger partial charge on any atom is 0.246 e. The van der Waals surface area contributed by atoms with Gasteiger partial charge in [-0.05, 0) is 89.4 Å². The average molecular weight is 747 g/mol. The Labute approximate surface area is 319 Å². The summed E-state index contributed by atoms with van der Waals surface area (Å²) in [7, 11) is 0. The number of halogens is 2. The zero-order valence-corrected chi connectivity index (χ0v) is 30.6. The van der Waals surface area contributed by atoms with E-state index in [4.69, 9.17) is 42.7 Å². The molecule has 5 aromatic rings. The highest BCUT2D eigenvalue weighted by molar-refractivity contribution is 6.32. The van der Waals surface area contributed by atoms with E-state index in [1.54, 1.807) is 67.0 Å². The lowest BCUT2D eigenvalue weighted by atomic mass is 10.1. The first-order chi connectivity index (χ1) is 25.8. The Kier molecular flexibility index (Phi) is 12.7. The smallest absolute Gasteiger partial charge is 0.246 e. The van der Waals surface area contributed by atoms with Crippen LogP contribution in [0.15, 0.2) is 109 Å². The maximum absolute atomic E-state index is 13.0. The van der Waals surface area contributed by atoms with Crippen molar-refractivity contribution in [2.75, 3.05) is 32.8 Å². The minimum absolute atomic E-state index is 0.0307. The number of nitriles is 1. The first kappa shape index (κ1) is 37.1. The first-order valence-electron chi connectivity index (χ1n) is 17.1. The molecule has 0 aliphatic carbocycles. The number of rotatable bonds is 13. The fourth-order valence-corrected chi connectivity index (χ4v) is 6.04. The summed E-state index contributed by atoms with van der Waals surface area (Å²) in [6.45, 7) is 6.43. The summed E-state index contributed by atoms with van der Waals surface area (Å²) in [5, 5.41) is 9.81. The zero-order chi connectivity index (χ0) is 37.0. The van der Waals surface area contributed by atoms with E-state index in [9.17, 15) is 4.79 Å². The molecule has 0 unspecified atom stereocenters. The van der Waals surface area contributed by atoms with E-state index in [1.165, 1.54) is 5.56 Å². The van der Waals surface area contributed by atoms with Gasteiger partial charge in [-0.1, -0.05) is 65.7 Å². The minimum Gasteiger partial charge on any atom is -0.488 e. The number of ether oxygens (including phenoxy) is 3. The van der Waals surface area contributed by atoms with Gasteiger partial charge in [-0.15, -0.1) is 0 Å². The van der Waals surface area contributed by atoms with Crippen LogP contribution >= 0.6 is 23.2 Å². The van der Waals surface area contributed by atoms with Gasteiger partial charge in [0, 0.05) is 44.9 Å². The molecule has 0 atom stereocenters. The highest BCUT2D eigenvalue weighted by Crippen LogP contribution is 2.34. The second-order valence-corrected chi connectivity index (χ2v) is 13.2. The van der Waals surface area contributed by atoms with Gasteiger partial charge in [0.25, 0.3) is 0 Å². The fourth-order valence-electron chi connectivity index (χ4n) is 5.61. The molecule has 3 aromatic carbocycles. The Morgan fingerprint density at radius 3 is 2.23 bits per heavy atom. The Bertz CT molecular complexity index is 2070. The van der Waals surface area contributed by atoms with E-state index in [0.717, 1.165) is 41.9 Å². The van der Waals surface area contributed by atoms with Crippen molar-refractivity contribution in [3.8, 4) is 29.2 Å². The van der Waals surface area contributed by atoms with Crippen molar-refractivity contribution in [3.63, 3.8) is 0 Å². The highest BCUT2D eigenvalue weighted by Gasteiger charge is 2.20. The molecule has 2 aromatic heterocycles.